The summed E-state index contributed by atoms with van der Waals surface area (Å²) >= 11 is 0. The molecule has 1 rings (SSSR count). The lowest BCUT2D eigenvalue weighted by atomic mass is 10.1. The molecule has 0 aliphatic heterocycles. The molecule has 0 spiro atoms. The number of hydrogen-bond acceptors (Lipinski definition) is 3. The van der Waals surface area contributed by atoms with E-state index in [2.05, 4.69) is 47.7 Å². The van der Waals surface area contributed by atoms with Crippen LogP contribution in [-0.4, -0.2) is 27.5 Å². The second-order valence-corrected chi connectivity index (χ2v) is 12.9. The fourth-order valence-corrected chi connectivity index (χ4v) is 3.40. The van der Waals surface area contributed by atoms with E-state index in [1.807, 2.05) is 13.0 Å². The van der Waals surface area contributed by atoms with Crippen molar-refractivity contribution in [3.05, 3.63) is 12.2 Å². The van der Waals surface area contributed by atoms with Gasteiger partial charge in [-0.2, -0.15) is 0 Å². The lowest BCUT2D eigenvalue weighted by molar-refractivity contribution is -0.137. The van der Waals surface area contributed by atoms with Crippen molar-refractivity contribution in [3.8, 4) is 0 Å². The molecule has 1 aliphatic rings. The van der Waals surface area contributed by atoms with Gasteiger partial charge in [0.2, 0.25) is 0 Å². The lowest BCUT2D eigenvalue weighted by Crippen LogP contribution is -2.41. The van der Waals surface area contributed by atoms with Gasteiger partial charge in [0.25, 0.3) is 0 Å². The summed E-state index contributed by atoms with van der Waals surface area (Å²) in [6.07, 6.45) is 3.57. The molecule has 0 unspecified atom stereocenters. The number of esters is 1. The van der Waals surface area contributed by atoms with Crippen LogP contribution >= 0.6 is 0 Å². The van der Waals surface area contributed by atoms with Crippen molar-refractivity contribution < 1.29 is 14.0 Å². The minimum Gasteiger partial charge on any atom is -0.463 e. The topological polar surface area (TPSA) is 35.5 Å². The normalized spacial score (nSPS) is 25.1. The van der Waals surface area contributed by atoms with Gasteiger partial charge in [0.1, 0.15) is 0 Å². The Morgan fingerprint density at radius 2 is 1.86 bits per heavy atom. The molecule has 0 radical (unpaired) electrons. The van der Waals surface area contributed by atoms with Crippen LogP contribution in [0.2, 0.25) is 18.1 Å². The standard InChI is InChI=1S/C17H32O3Si/c1-9-19-15(18)11-10-13-14(17(13,5)6)12-20-21(7,8)16(2,3)4/h10-11,13-14H,9,12H2,1-8H3/b11-10+/t13-,14+/m0/s1. The van der Waals surface area contributed by atoms with E-state index >= 15 is 0 Å². The number of ether oxygens (including phenoxy) is 1. The highest BCUT2D eigenvalue weighted by molar-refractivity contribution is 6.74. The molecule has 21 heavy (non-hydrogen) atoms. The van der Waals surface area contributed by atoms with Crippen molar-refractivity contribution >= 4 is 14.3 Å². The van der Waals surface area contributed by atoms with Crippen molar-refractivity contribution in [3.63, 3.8) is 0 Å². The second-order valence-electron chi connectivity index (χ2n) is 8.14. The molecule has 2 atom stereocenters. The number of rotatable bonds is 6. The van der Waals surface area contributed by atoms with Crippen molar-refractivity contribution in [2.24, 2.45) is 17.3 Å². The number of hydrogen-bond donors (Lipinski definition) is 0. The second kappa shape index (κ2) is 6.25. The van der Waals surface area contributed by atoms with Gasteiger partial charge in [-0.05, 0) is 42.3 Å². The lowest BCUT2D eigenvalue weighted by Gasteiger charge is -2.36. The molecular weight excluding hydrogens is 280 g/mol. The summed E-state index contributed by atoms with van der Waals surface area (Å²) in [6.45, 7) is 18.9. The molecule has 0 bridgehead atoms. The van der Waals surface area contributed by atoms with E-state index in [1.165, 1.54) is 0 Å². The number of allylic oxidation sites excluding steroid dienone is 1. The molecule has 122 valence electrons. The van der Waals surface area contributed by atoms with Crippen molar-refractivity contribution in [2.45, 2.75) is 59.7 Å². The van der Waals surface area contributed by atoms with Crippen molar-refractivity contribution in [1.82, 2.24) is 0 Å². The first-order valence-corrected chi connectivity index (χ1v) is 10.8. The molecule has 1 fully saturated rings. The van der Waals surface area contributed by atoms with Gasteiger partial charge in [0.05, 0.1) is 6.61 Å². The number of carbonyl (C=O) groups excluding carboxylic acids is 1. The molecule has 0 aromatic heterocycles. The van der Waals surface area contributed by atoms with Crippen molar-refractivity contribution in [1.29, 1.82) is 0 Å². The highest BCUT2D eigenvalue weighted by atomic mass is 28.4. The van der Waals surface area contributed by atoms with Crippen LogP contribution in [0.3, 0.4) is 0 Å². The van der Waals surface area contributed by atoms with Crippen LogP contribution < -0.4 is 0 Å². The molecular formula is C17H32O3Si. The fraction of sp³-hybridized carbons (Fsp3) is 0.824. The van der Waals surface area contributed by atoms with Gasteiger partial charge in [0, 0.05) is 12.7 Å². The predicted octanol–water partition coefficient (Wildman–Crippen LogP) is 4.40. The molecule has 0 N–H and O–H groups in total. The van der Waals surface area contributed by atoms with Crippen LogP contribution in [0.15, 0.2) is 12.2 Å². The van der Waals surface area contributed by atoms with Gasteiger partial charge in [-0.25, -0.2) is 4.79 Å². The van der Waals surface area contributed by atoms with Crippen LogP contribution in [0.5, 0.6) is 0 Å². The zero-order chi connectivity index (χ0) is 16.5. The quantitative estimate of drug-likeness (QED) is 0.414. The third-order valence-corrected chi connectivity index (χ3v) is 9.80. The smallest absolute Gasteiger partial charge is 0.330 e. The van der Waals surface area contributed by atoms with Crippen LogP contribution in [0.25, 0.3) is 0 Å². The highest BCUT2D eigenvalue weighted by Crippen LogP contribution is 2.59. The SMILES string of the molecule is CCOC(=O)/C=C/[C@H]1[C@@H](CO[Si](C)(C)C(C)(C)C)C1(C)C. The Hall–Kier alpha value is -0.613. The summed E-state index contributed by atoms with van der Waals surface area (Å²) in [5.74, 6) is 0.660. The Kier molecular flexibility index (Phi) is 5.49. The Morgan fingerprint density at radius 3 is 2.33 bits per heavy atom. The van der Waals surface area contributed by atoms with E-state index in [4.69, 9.17) is 9.16 Å². The van der Waals surface area contributed by atoms with Gasteiger partial charge >= 0.3 is 5.97 Å². The summed E-state index contributed by atoms with van der Waals surface area (Å²) in [6, 6.07) is 0. The Bertz CT molecular complexity index is 405. The molecule has 1 saturated carbocycles. The Labute approximate surface area is 131 Å². The molecule has 0 amide bonds. The van der Waals surface area contributed by atoms with E-state index in [-0.39, 0.29) is 16.4 Å². The molecule has 0 heterocycles. The largest absolute Gasteiger partial charge is 0.463 e. The van der Waals surface area contributed by atoms with E-state index < -0.39 is 8.32 Å². The summed E-state index contributed by atoms with van der Waals surface area (Å²) in [5, 5.41) is 0.238. The monoisotopic (exact) mass is 312 g/mol. The van der Waals surface area contributed by atoms with Crippen LogP contribution in [-0.2, 0) is 14.0 Å². The van der Waals surface area contributed by atoms with Gasteiger partial charge < -0.3 is 9.16 Å². The van der Waals surface area contributed by atoms with E-state index in [0.717, 1.165) is 6.61 Å². The van der Waals surface area contributed by atoms with Gasteiger partial charge in [-0.1, -0.05) is 40.7 Å². The first-order chi connectivity index (χ1) is 9.43. The Morgan fingerprint density at radius 1 is 1.29 bits per heavy atom. The maximum absolute atomic E-state index is 11.4. The van der Waals surface area contributed by atoms with E-state index in [1.54, 1.807) is 6.08 Å². The zero-order valence-corrected chi connectivity index (χ0v) is 15.9. The molecule has 0 aromatic carbocycles. The minimum atomic E-state index is -1.69. The molecule has 3 nitrogen and oxygen atoms in total. The summed E-state index contributed by atoms with van der Waals surface area (Å²) in [4.78, 5) is 11.4. The molecule has 0 aromatic rings. The number of carbonyl (C=O) groups is 1. The molecule has 4 heteroatoms. The highest BCUT2D eigenvalue weighted by Gasteiger charge is 2.56. The summed E-state index contributed by atoms with van der Waals surface area (Å²) in [7, 11) is -1.69. The zero-order valence-electron chi connectivity index (χ0n) is 14.9. The maximum Gasteiger partial charge on any atom is 0.330 e. The average Bonchev–Trinajstić information content (AvgIpc) is 2.84. The predicted molar refractivity (Wildman–Crippen MR) is 89.7 cm³/mol. The minimum absolute atomic E-state index is 0.214. The van der Waals surface area contributed by atoms with Gasteiger partial charge in [0.15, 0.2) is 8.32 Å². The van der Waals surface area contributed by atoms with Gasteiger partial charge in [-0.3, -0.25) is 0 Å². The summed E-state index contributed by atoms with van der Waals surface area (Å²) < 4.78 is 11.3. The first-order valence-electron chi connectivity index (χ1n) is 7.92. The van der Waals surface area contributed by atoms with Crippen LogP contribution in [0.4, 0.5) is 0 Å². The maximum atomic E-state index is 11.4. The summed E-state index contributed by atoms with van der Waals surface area (Å²) in [5.41, 5.74) is 0.214. The van der Waals surface area contributed by atoms with Crippen LogP contribution in [0.1, 0.15) is 41.5 Å². The van der Waals surface area contributed by atoms with Crippen molar-refractivity contribution in [2.75, 3.05) is 13.2 Å². The molecule has 1 aliphatic carbocycles. The average molecular weight is 313 g/mol. The molecule has 0 saturated heterocycles. The third-order valence-electron chi connectivity index (χ3n) is 5.30. The Balaban J connectivity index is 2.56. The van der Waals surface area contributed by atoms with Crippen LogP contribution in [0, 0.1) is 17.3 Å². The fourth-order valence-electron chi connectivity index (χ4n) is 2.37. The van der Waals surface area contributed by atoms with E-state index in [0.29, 0.717) is 18.4 Å². The van der Waals surface area contributed by atoms with E-state index in [9.17, 15) is 4.79 Å². The first kappa shape index (κ1) is 18.4. The van der Waals surface area contributed by atoms with Gasteiger partial charge in [-0.15, -0.1) is 0 Å². The third kappa shape index (κ3) is 4.43.